The third kappa shape index (κ3) is 3.45. The zero-order valence-corrected chi connectivity index (χ0v) is 12.1. The molecule has 0 spiro atoms. The summed E-state index contributed by atoms with van der Waals surface area (Å²) in [6.07, 6.45) is 4.98. The number of aryl methyl sites for hydroxylation is 1. The van der Waals surface area contributed by atoms with Crippen LogP contribution in [-0.2, 0) is 12.8 Å². The van der Waals surface area contributed by atoms with Gasteiger partial charge in [-0.25, -0.2) is 0 Å². The Balaban J connectivity index is 2.03. The number of benzene rings is 1. The van der Waals surface area contributed by atoms with E-state index in [1.807, 2.05) is 0 Å². The van der Waals surface area contributed by atoms with E-state index in [1.165, 1.54) is 42.5 Å². The largest absolute Gasteiger partial charge is 0.362 e. The SMILES string of the molecule is CC(C)CNC(=S)Nc1cccc2c1CCCC2. The van der Waals surface area contributed by atoms with Gasteiger partial charge >= 0.3 is 0 Å². The monoisotopic (exact) mass is 262 g/mol. The summed E-state index contributed by atoms with van der Waals surface area (Å²) in [7, 11) is 0. The van der Waals surface area contributed by atoms with E-state index >= 15 is 0 Å². The van der Waals surface area contributed by atoms with Crippen LogP contribution in [-0.4, -0.2) is 11.7 Å². The smallest absolute Gasteiger partial charge is 0.170 e. The average molecular weight is 262 g/mol. The van der Waals surface area contributed by atoms with Crippen LogP contribution in [0.5, 0.6) is 0 Å². The molecule has 1 aromatic rings. The maximum absolute atomic E-state index is 5.34. The van der Waals surface area contributed by atoms with Crippen molar-refractivity contribution >= 4 is 23.0 Å². The third-order valence-electron chi connectivity index (χ3n) is 3.31. The van der Waals surface area contributed by atoms with E-state index in [1.54, 1.807) is 0 Å². The summed E-state index contributed by atoms with van der Waals surface area (Å²) in [5.74, 6) is 0.606. The Morgan fingerprint density at radius 1 is 1.28 bits per heavy atom. The molecule has 0 amide bonds. The molecule has 0 bridgehead atoms. The van der Waals surface area contributed by atoms with Crippen molar-refractivity contribution in [1.29, 1.82) is 0 Å². The molecule has 1 aromatic carbocycles. The minimum absolute atomic E-state index is 0.606. The van der Waals surface area contributed by atoms with Crippen LogP contribution < -0.4 is 10.6 Å². The van der Waals surface area contributed by atoms with Crippen LogP contribution in [0.3, 0.4) is 0 Å². The van der Waals surface area contributed by atoms with Gasteiger partial charge in [0.1, 0.15) is 0 Å². The Kier molecular flexibility index (Phi) is 4.59. The number of hydrogen-bond donors (Lipinski definition) is 2. The molecule has 0 saturated carbocycles. The summed E-state index contributed by atoms with van der Waals surface area (Å²) in [4.78, 5) is 0. The average Bonchev–Trinajstić information content (AvgIpc) is 2.37. The van der Waals surface area contributed by atoms with Crippen molar-refractivity contribution in [3.8, 4) is 0 Å². The summed E-state index contributed by atoms with van der Waals surface area (Å²) >= 11 is 5.34. The van der Waals surface area contributed by atoms with Gasteiger partial charge in [0.15, 0.2) is 5.11 Å². The summed E-state index contributed by atoms with van der Waals surface area (Å²) in [5.41, 5.74) is 4.13. The molecular weight excluding hydrogens is 240 g/mol. The van der Waals surface area contributed by atoms with E-state index < -0.39 is 0 Å². The van der Waals surface area contributed by atoms with E-state index in [2.05, 4.69) is 42.7 Å². The van der Waals surface area contributed by atoms with Crippen LogP contribution in [0.1, 0.15) is 37.8 Å². The molecule has 3 heteroatoms. The second-order valence-electron chi connectivity index (χ2n) is 5.38. The van der Waals surface area contributed by atoms with Crippen LogP contribution in [0.2, 0.25) is 0 Å². The molecule has 0 heterocycles. The number of hydrogen-bond acceptors (Lipinski definition) is 1. The number of anilines is 1. The minimum Gasteiger partial charge on any atom is -0.362 e. The molecule has 0 fully saturated rings. The van der Waals surface area contributed by atoms with E-state index in [0.717, 1.165) is 11.7 Å². The van der Waals surface area contributed by atoms with Gasteiger partial charge < -0.3 is 10.6 Å². The van der Waals surface area contributed by atoms with Gasteiger partial charge in [0.2, 0.25) is 0 Å². The third-order valence-corrected chi connectivity index (χ3v) is 3.56. The molecule has 98 valence electrons. The fourth-order valence-electron chi connectivity index (χ4n) is 2.36. The first-order chi connectivity index (χ1) is 8.66. The van der Waals surface area contributed by atoms with Crippen molar-refractivity contribution in [1.82, 2.24) is 5.32 Å². The van der Waals surface area contributed by atoms with Crippen LogP contribution in [0.25, 0.3) is 0 Å². The van der Waals surface area contributed by atoms with Crippen molar-refractivity contribution in [2.45, 2.75) is 39.5 Å². The van der Waals surface area contributed by atoms with Gasteiger partial charge in [-0.1, -0.05) is 26.0 Å². The lowest BCUT2D eigenvalue weighted by molar-refractivity contribution is 0.627. The molecule has 2 N–H and O–H groups in total. The van der Waals surface area contributed by atoms with Gasteiger partial charge in [-0.15, -0.1) is 0 Å². The number of fused-ring (bicyclic) bond motifs is 1. The van der Waals surface area contributed by atoms with Crippen LogP contribution >= 0.6 is 12.2 Å². The molecule has 0 aliphatic heterocycles. The molecule has 1 aliphatic rings. The van der Waals surface area contributed by atoms with Gasteiger partial charge in [0.05, 0.1) is 0 Å². The van der Waals surface area contributed by atoms with Gasteiger partial charge in [-0.3, -0.25) is 0 Å². The molecule has 2 rings (SSSR count). The maximum atomic E-state index is 5.34. The fourth-order valence-corrected chi connectivity index (χ4v) is 2.56. The molecule has 0 saturated heterocycles. The Morgan fingerprint density at radius 2 is 2.06 bits per heavy atom. The van der Waals surface area contributed by atoms with E-state index in [-0.39, 0.29) is 0 Å². The van der Waals surface area contributed by atoms with E-state index in [9.17, 15) is 0 Å². The lowest BCUT2D eigenvalue weighted by Gasteiger charge is -2.21. The van der Waals surface area contributed by atoms with E-state index in [0.29, 0.717) is 5.92 Å². The van der Waals surface area contributed by atoms with Gasteiger partial charge in [0.25, 0.3) is 0 Å². The van der Waals surface area contributed by atoms with Crippen LogP contribution in [0.4, 0.5) is 5.69 Å². The second-order valence-corrected chi connectivity index (χ2v) is 5.79. The van der Waals surface area contributed by atoms with Gasteiger partial charge in [0, 0.05) is 12.2 Å². The number of thiocarbonyl (C=S) groups is 1. The molecule has 1 aliphatic carbocycles. The second kappa shape index (κ2) is 6.19. The molecule has 18 heavy (non-hydrogen) atoms. The van der Waals surface area contributed by atoms with Gasteiger partial charge in [-0.05, 0) is 61.0 Å². The predicted octanol–water partition coefficient (Wildman–Crippen LogP) is 3.51. The lowest BCUT2D eigenvalue weighted by Crippen LogP contribution is -2.31. The highest BCUT2D eigenvalue weighted by Gasteiger charge is 2.13. The summed E-state index contributed by atoms with van der Waals surface area (Å²) in [6, 6.07) is 6.50. The topological polar surface area (TPSA) is 24.1 Å². The zero-order chi connectivity index (χ0) is 13.0. The molecule has 2 nitrogen and oxygen atoms in total. The molecule has 0 atom stereocenters. The van der Waals surface area contributed by atoms with Crippen molar-refractivity contribution in [3.63, 3.8) is 0 Å². The van der Waals surface area contributed by atoms with Crippen LogP contribution in [0, 0.1) is 5.92 Å². The predicted molar refractivity (Wildman–Crippen MR) is 82.1 cm³/mol. The quantitative estimate of drug-likeness (QED) is 0.815. The zero-order valence-electron chi connectivity index (χ0n) is 11.3. The van der Waals surface area contributed by atoms with Crippen molar-refractivity contribution in [2.75, 3.05) is 11.9 Å². The highest BCUT2D eigenvalue weighted by molar-refractivity contribution is 7.80. The maximum Gasteiger partial charge on any atom is 0.170 e. The molecule has 0 unspecified atom stereocenters. The van der Waals surface area contributed by atoms with Crippen molar-refractivity contribution in [2.24, 2.45) is 5.92 Å². The van der Waals surface area contributed by atoms with Crippen molar-refractivity contribution in [3.05, 3.63) is 29.3 Å². The Labute approximate surface area is 115 Å². The highest BCUT2D eigenvalue weighted by Crippen LogP contribution is 2.27. The first-order valence-corrected chi connectivity index (χ1v) is 7.23. The minimum atomic E-state index is 0.606. The van der Waals surface area contributed by atoms with Crippen molar-refractivity contribution < 1.29 is 0 Å². The van der Waals surface area contributed by atoms with E-state index in [4.69, 9.17) is 12.2 Å². The Morgan fingerprint density at radius 3 is 2.83 bits per heavy atom. The van der Waals surface area contributed by atoms with Crippen LogP contribution in [0.15, 0.2) is 18.2 Å². The first kappa shape index (κ1) is 13.3. The molecule has 0 radical (unpaired) electrons. The summed E-state index contributed by atoms with van der Waals surface area (Å²) < 4.78 is 0. The first-order valence-electron chi connectivity index (χ1n) is 6.82. The Bertz CT molecular complexity index is 427. The van der Waals surface area contributed by atoms with Gasteiger partial charge in [-0.2, -0.15) is 0 Å². The summed E-state index contributed by atoms with van der Waals surface area (Å²) in [6.45, 7) is 5.28. The molecular formula is C15H22N2S. The Hall–Kier alpha value is -1.09. The lowest BCUT2D eigenvalue weighted by atomic mass is 9.90. The summed E-state index contributed by atoms with van der Waals surface area (Å²) in [5, 5.41) is 7.34. The normalized spacial score (nSPS) is 14.2. The fraction of sp³-hybridized carbons (Fsp3) is 0.533. The number of rotatable bonds is 3. The standard InChI is InChI=1S/C15H22N2S/c1-11(2)10-16-15(18)17-14-9-5-7-12-6-3-4-8-13(12)14/h5,7,9,11H,3-4,6,8,10H2,1-2H3,(H2,16,17,18). The molecule has 0 aromatic heterocycles. The highest BCUT2D eigenvalue weighted by atomic mass is 32.1. The number of nitrogens with one attached hydrogen (secondary N) is 2.